The number of hydrogen-bond acceptors (Lipinski definition) is 5. The standard InChI is InChI=1S/C21H33N5OS.HI/c1-5-22-21(25-16(3)19-7-6-12-28-19)23-13-18-8-10-26(11-9-18)14-20-24-15(2)17(4)27-20;/h6-7,12,16,18H,5,8-11,13-14H2,1-4H3,(H2,22,23,25);1H. The third kappa shape index (κ3) is 7.25. The molecule has 1 unspecified atom stereocenters. The second-order valence-corrected chi connectivity index (χ2v) is 8.55. The number of rotatable bonds is 7. The summed E-state index contributed by atoms with van der Waals surface area (Å²) in [5, 5.41) is 9.02. The third-order valence-electron chi connectivity index (χ3n) is 5.31. The molecule has 6 nitrogen and oxygen atoms in total. The Morgan fingerprint density at radius 3 is 2.72 bits per heavy atom. The van der Waals surface area contributed by atoms with E-state index in [2.05, 4.69) is 51.9 Å². The Bertz CT molecular complexity index is 734. The van der Waals surface area contributed by atoms with E-state index in [0.29, 0.717) is 5.92 Å². The minimum Gasteiger partial charge on any atom is -0.444 e. The minimum atomic E-state index is 0. The highest BCUT2D eigenvalue weighted by molar-refractivity contribution is 14.0. The molecule has 1 aliphatic rings. The molecule has 0 amide bonds. The highest BCUT2D eigenvalue weighted by Crippen LogP contribution is 2.21. The van der Waals surface area contributed by atoms with E-state index in [1.54, 1.807) is 11.3 Å². The van der Waals surface area contributed by atoms with Crippen LogP contribution in [0.4, 0.5) is 0 Å². The Morgan fingerprint density at radius 2 is 2.14 bits per heavy atom. The van der Waals surface area contributed by atoms with Crippen LogP contribution in [0.3, 0.4) is 0 Å². The van der Waals surface area contributed by atoms with Crippen molar-refractivity contribution < 1.29 is 4.42 Å². The van der Waals surface area contributed by atoms with Crippen molar-refractivity contribution in [1.29, 1.82) is 0 Å². The first kappa shape index (κ1) is 24.1. The van der Waals surface area contributed by atoms with Gasteiger partial charge in [-0.25, -0.2) is 4.98 Å². The van der Waals surface area contributed by atoms with Crippen molar-refractivity contribution in [2.24, 2.45) is 10.9 Å². The van der Waals surface area contributed by atoms with Crippen LogP contribution in [0.15, 0.2) is 26.9 Å². The number of piperidine rings is 1. The Hall–Kier alpha value is -1.13. The summed E-state index contributed by atoms with van der Waals surface area (Å²) in [6, 6.07) is 4.53. The zero-order valence-electron chi connectivity index (χ0n) is 17.9. The molecule has 2 aromatic heterocycles. The average molecular weight is 532 g/mol. The maximum absolute atomic E-state index is 5.73. The number of thiophene rings is 1. The molecule has 0 spiro atoms. The zero-order chi connectivity index (χ0) is 19.9. The van der Waals surface area contributed by atoms with Gasteiger partial charge in [0, 0.05) is 18.0 Å². The molecule has 3 heterocycles. The van der Waals surface area contributed by atoms with Crippen molar-refractivity contribution in [3.63, 3.8) is 0 Å². The first-order chi connectivity index (χ1) is 13.5. The summed E-state index contributed by atoms with van der Waals surface area (Å²) >= 11 is 1.78. The van der Waals surface area contributed by atoms with E-state index in [-0.39, 0.29) is 30.0 Å². The quantitative estimate of drug-likeness (QED) is 0.313. The molecule has 3 rings (SSSR count). The van der Waals surface area contributed by atoms with Crippen molar-refractivity contribution in [2.75, 3.05) is 26.2 Å². The molecule has 2 aromatic rings. The molecule has 1 aliphatic heterocycles. The number of halogens is 1. The molecule has 1 fully saturated rings. The number of nitrogens with zero attached hydrogens (tertiary/aromatic N) is 3. The lowest BCUT2D eigenvalue weighted by atomic mass is 9.97. The van der Waals surface area contributed by atoms with Crippen LogP contribution < -0.4 is 10.6 Å². The SMILES string of the molecule is CCNC(=NCC1CCN(Cc2nc(C)c(C)o2)CC1)NC(C)c1cccs1.I. The number of aryl methyl sites for hydroxylation is 2. The van der Waals surface area contributed by atoms with Crippen molar-refractivity contribution >= 4 is 41.3 Å². The largest absolute Gasteiger partial charge is 0.444 e. The zero-order valence-corrected chi connectivity index (χ0v) is 21.0. The van der Waals surface area contributed by atoms with E-state index in [1.807, 2.05) is 13.8 Å². The van der Waals surface area contributed by atoms with Gasteiger partial charge in [-0.05, 0) is 71.0 Å². The summed E-state index contributed by atoms with van der Waals surface area (Å²) in [6.45, 7) is 13.0. The fourth-order valence-corrected chi connectivity index (χ4v) is 4.21. The molecule has 1 atom stereocenters. The van der Waals surface area contributed by atoms with Crippen LogP contribution in [0.5, 0.6) is 0 Å². The molecular formula is C21H34IN5OS. The van der Waals surface area contributed by atoms with Gasteiger partial charge in [0.25, 0.3) is 0 Å². The highest BCUT2D eigenvalue weighted by Gasteiger charge is 2.21. The predicted molar refractivity (Wildman–Crippen MR) is 131 cm³/mol. The van der Waals surface area contributed by atoms with Crippen LogP contribution in [-0.4, -0.2) is 42.0 Å². The Labute approximate surface area is 195 Å². The maximum atomic E-state index is 5.73. The van der Waals surface area contributed by atoms with Crippen LogP contribution in [0.2, 0.25) is 0 Å². The normalized spacial score (nSPS) is 17.0. The molecule has 0 aliphatic carbocycles. The first-order valence-corrected chi connectivity index (χ1v) is 11.2. The molecule has 1 saturated heterocycles. The lowest BCUT2D eigenvalue weighted by Crippen LogP contribution is -2.39. The van der Waals surface area contributed by atoms with Gasteiger partial charge in [-0.15, -0.1) is 35.3 Å². The number of likely N-dealkylation sites (tertiary alicyclic amines) is 1. The number of nitrogens with one attached hydrogen (secondary N) is 2. The Morgan fingerprint density at radius 1 is 1.38 bits per heavy atom. The third-order valence-corrected chi connectivity index (χ3v) is 6.37. The Kier molecular flexibility index (Phi) is 9.91. The van der Waals surface area contributed by atoms with E-state index in [4.69, 9.17) is 9.41 Å². The second-order valence-electron chi connectivity index (χ2n) is 7.57. The van der Waals surface area contributed by atoms with Crippen LogP contribution in [-0.2, 0) is 6.54 Å². The van der Waals surface area contributed by atoms with Crippen molar-refractivity contribution in [3.8, 4) is 0 Å². The van der Waals surface area contributed by atoms with Crippen LogP contribution in [0.1, 0.15) is 55.0 Å². The maximum Gasteiger partial charge on any atom is 0.208 e. The van der Waals surface area contributed by atoms with E-state index in [1.165, 1.54) is 17.7 Å². The summed E-state index contributed by atoms with van der Waals surface area (Å²) in [7, 11) is 0. The van der Waals surface area contributed by atoms with E-state index in [9.17, 15) is 0 Å². The van der Waals surface area contributed by atoms with Gasteiger partial charge in [0.2, 0.25) is 5.89 Å². The average Bonchev–Trinajstić information content (AvgIpc) is 3.31. The van der Waals surface area contributed by atoms with Gasteiger partial charge in [-0.3, -0.25) is 9.89 Å². The number of hydrogen-bond donors (Lipinski definition) is 2. The van der Waals surface area contributed by atoms with Gasteiger partial charge in [0.1, 0.15) is 5.76 Å². The van der Waals surface area contributed by atoms with Crippen LogP contribution in [0, 0.1) is 19.8 Å². The van der Waals surface area contributed by atoms with Crippen LogP contribution >= 0.6 is 35.3 Å². The molecule has 0 radical (unpaired) electrons. The fraction of sp³-hybridized carbons (Fsp3) is 0.619. The summed E-state index contributed by atoms with van der Waals surface area (Å²) in [5.41, 5.74) is 0.999. The van der Waals surface area contributed by atoms with Gasteiger partial charge in [-0.1, -0.05) is 6.07 Å². The summed E-state index contributed by atoms with van der Waals surface area (Å²) in [6.07, 6.45) is 2.34. The molecule has 2 N–H and O–H groups in total. The van der Waals surface area contributed by atoms with E-state index in [0.717, 1.165) is 56.0 Å². The summed E-state index contributed by atoms with van der Waals surface area (Å²) < 4.78 is 5.73. The molecule has 8 heteroatoms. The molecule has 29 heavy (non-hydrogen) atoms. The van der Waals surface area contributed by atoms with Crippen molar-refractivity contribution in [2.45, 2.75) is 53.1 Å². The van der Waals surface area contributed by atoms with Crippen molar-refractivity contribution in [3.05, 3.63) is 39.7 Å². The van der Waals surface area contributed by atoms with Gasteiger partial charge < -0.3 is 15.1 Å². The number of guanidine groups is 1. The van der Waals surface area contributed by atoms with Crippen LogP contribution in [0.25, 0.3) is 0 Å². The molecule has 0 saturated carbocycles. The first-order valence-electron chi connectivity index (χ1n) is 10.3. The van der Waals surface area contributed by atoms with Gasteiger partial charge >= 0.3 is 0 Å². The topological polar surface area (TPSA) is 65.7 Å². The lowest BCUT2D eigenvalue weighted by Gasteiger charge is -2.30. The molecular weight excluding hydrogens is 497 g/mol. The molecule has 0 aromatic carbocycles. The number of aromatic nitrogens is 1. The van der Waals surface area contributed by atoms with Gasteiger partial charge in [0.15, 0.2) is 5.96 Å². The van der Waals surface area contributed by atoms with E-state index < -0.39 is 0 Å². The monoisotopic (exact) mass is 531 g/mol. The lowest BCUT2D eigenvalue weighted by molar-refractivity contribution is 0.166. The van der Waals surface area contributed by atoms with E-state index >= 15 is 0 Å². The Balaban J connectivity index is 0.00000300. The molecule has 162 valence electrons. The van der Waals surface area contributed by atoms with Gasteiger partial charge in [-0.2, -0.15) is 0 Å². The minimum absolute atomic E-state index is 0. The summed E-state index contributed by atoms with van der Waals surface area (Å²) in [4.78, 5) is 13.1. The highest BCUT2D eigenvalue weighted by atomic mass is 127. The predicted octanol–water partition coefficient (Wildman–Crippen LogP) is 4.50. The number of aliphatic imine (C=N–C) groups is 1. The smallest absolute Gasteiger partial charge is 0.208 e. The number of oxazole rings is 1. The fourth-order valence-electron chi connectivity index (χ4n) is 3.48. The summed E-state index contributed by atoms with van der Waals surface area (Å²) in [5.74, 6) is 3.32. The van der Waals surface area contributed by atoms with Gasteiger partial charge in [0.05, 0.1) is 18.3 Å². The molecule has 0 bridgehead atoms. The second kappa shape index (κ2) is 11.9. The van der Waals surface area contributed by atoms with Crippen molar-refractivity contribution in [1.82, 2.24) is 20.5 Å².